The van der Waals surface area contributed by atoms with E-state index in [0.717, 1.165) is 11.8 Å². The van der Waals surface area contributed by atoms with E-state index in [1.807, 2.05) is 0 Å². The third-order valence-corrected chi connectivity index (χ3v) is 4.96. The van der Waals surface area contributed by atoms with Gasteiger partial charge in [0.25, 0.3) is 0 Å². The van der Waals surface area contributed by atoms with Crippen LogP contribution in [0.5, 0.6) is 0 Å². The molecule has 4 aliphatic carbocycles. The average Bonchev–Trinajstić information content (AvgIpc) is 1.75. The van der Waals surface area contributed by atoms with E-state index in [9.17, 15) is 0 Å². The molecule has 0 amide bonds. The second kappa shape index (κ2) is 2.09. The van der Waals surface area contributed by atoms with Gasteiger partial charge in [0.2, 0.25) is 0 Å². The predicted octanol–water partition coefficient (Wildman–Crippen LogP) is 2.43. The number of hydrogen-bond acceptors (Lipinski definition) is 1. The molecule has 0 spiro atoms. The number of halogens is 1. The van der Waals surface area contributed by atoms with Gasteiger partial charge < -0.3 is 5.73 Å². The molecule has 2 atom stereocenters. The summed E-state index contributed by atoms with van der Waals surface area (Å²) in [5, 5.41) is 0. The van der Waals surface area contributed by atoms with Crippen molar-refractivity contribution in [3.63, 3.8) is 0 Å². The van der Waals surface area contributed by atoms with Crippen molar-refractivity contribution in [3.05, 3.63) is 0 Å². The molecule has 0 aromatic rings. The summed E-state index contributed by atoms with van der Waals surface area (Å²) < 4.78 is 0.450. The fourth-order valence-electron chi connectivity index (χ4n) is 4.22. The third kappa shape index (κ3) is 1.00. The molecule has 0 saturated heterocycles. The monoisotopic (exact) mass is 229 g/mol. The van der Waals surface area contributed by atoms with Gasteiger partial charge >= 0.3 is 0 Å². The van der Waals surface area contributed by atoms with E-state index in [-0.39, 0.29) is 5.54 Å². The summed E-state index contributed by atoms with van der Waals surface area (Å²) in [5.74, 6) is 1.88. The van der Waals surface area contributed by atoms with E-state index in [2.05, 4.69) is 15.9 Å². The first kappa shape index (κ1) is 7.81. The fourth-order valence-corrected chi connectivity index (χ4v) is 5.69. The lowest BCUT2D eigenvalue weighted by atomic mass is 9.53. The van der Waals surface area contributed by atoms with Crippen molar-refractivity contribution < 1.29 is 0 Å². The van der Waals surface area contributed by atoms with Crippen molar-refractivity contribution in [2.45, 2.75) is 48.4 Å². The van der Waals surface area contributed by atoms with Crippen LogP contribution in [0.4, 0.5) is 0 Å². The zero-order valence-corrected chi connectivity index (χ0v) is 8.94. The van der Waals surface area contributed by atoms with Gasteiger partial charge in [-0.3, -0.25) is 0 Å². The van der Waals surface area contributed by atoms with E-state index in [4.69, 9.17) is 5.73 Å². The Hall–Kier alpha value is 0.440. The molecule has 4 aliphatic rings. The Labute approximate surface area is 82.2 Å². The number of hydrogen-bond donors (Lipinski definition) is 1. The Morgan fingerprint density at radius 1 is 1.08 bits per heavy atom. The van der Waals surface area contributed by atoms with Crippen LogP contribution in [-0.4, -0.2) is 9.86 Å². The molecule has 4 rings (SSSR count). The van der Waals surface area contributed by atoms with Crippen LogP contribution in [-0.2, 0) is 0 Å². The Kier molecular flexibility index (Phi) is 1.36. The maximum atomic E-state index is 6.38. The molecule has 68 valence electrons. The Balaban J connectivity index is 1.98. The zero-order chi connectivity index (χ0) is 8.40. The molecule has 2 unspecified atom stereocenters. The molecule has 0 aromatic carbocycles. The lowest BCUT2D eigenvalue weighted by molar-refractivity contribution is 0.0205. The normalized spacial score (nSPS) is 62.5. The Morgan fingerprint density at radius 3 is 2.08 bits per heavy atom. The van der Waals surface area contributed by atoms with Crippen LogP contribution in [0, 0.1) is 11.8 Å². The van der Waals surface area contributed by atoms with E-state index in [0.29, 0.717) is 4.32 Å². The van der Waals surface area contributed by atoms with Gasteiger partial charge in [-0.15, -0.1) is 0 Å². The molecule has 2 heteroatoms. The van der Waals surface area contributed by atoms with Gasteiger partial charge in [-0.05, 0) is 50.4 Å². The number of rotatable bonds is 0. The molecule has 4 bridgehead atoms. The van der Waals surface area contributed by atoms with Crippen LogP contribution >= 0.6 is 15.9 Å². The first-order valence-electron chi connectivity index (χ1n) is 5.05. The highest BCUT2D eigenvalue weighted by atomic mass is 79.9. The van der Waals surface area contributed by atoms with E-state index >= 15 is 0 Å². The van der Waals surface area contributed by atoms with Gasteiger partial charge in [0.15, 0.2) is 0 Å². The second-order valence-corrected chi connectivity index (χ2v) is 7.16. The van der Waals surface area contributed by atoms with Gasteiger partial charge in [-0.2, -0.15) is 0 Å². The SMILES string of the molecule is NC12CC3CC(C1)CC(Br)(C3)C2. The van der Waals surface area contributed by atoms with Crippen LogP contribution < -0.4 is 5.73 Å². The van der Waals surface area contributed by atoms with Crippen molar-refractivity contribution in [3.8, 4) is 0 Å². The largest absolute Gasteiger partial charge is 0.325 e. The van der Waals surface area contributed by atoms with Crippen molar-refractivity contribution in [1.29, 1.82) is 0 Å². The smallest absolute Gasteiger partial charge is 0.0280 e. The Bertz CT molecular complexity index is 192. The summed E-state index contributed by atoms with van der Waals surface area (Å²) in [4.78, 5) is 0. The van der Waals surface area contributed by atoms with E-state index in [1.165, 1.54) is 38.5 Å². The highest BCUT2D eigenvalue weighted by molar-refractivity contribution is 9.10. The van der Waals surface area contributed by atoms with Gasteiger partial charge in [0, 0.05) is 9.86 Å². The minimum atomic E-state index is 0.216. The lowest BCUT2D eigenvalue weighted by Crippen LogP contribution is -2.60. The second-order valence-electron chi connectivity index (χ2n) is 5.47. The van der Waals surface area contributed by atoms with E-state index in [1.54, 1.807) is 0 Å². The molecular weight excluding hydrogens is 214 g/mol. The lowest BCUT2D eigenvalue weighted by Gasteiger charge is -2.59. The molecular formula is C10H16BrN. The standard InChI is InChI=1S/C10H16BrN/c11-9-2-7-1-8(3-9)5-10(12,4-7)6-9/h7-8H,1-6,12H2. The Morgan fingerprint density at radius 2 is 1.67 bits per heavy atom. The summed E-state index contributed by atoms with van der Waals surface area (Å²) in [6, 6.07) is 0. The molecule has 0 heterocycles. The zero-order valence-electron chi connectivity index (χ0n) is 7.35. The van der Waals surface area contributed by atoms with Crippen molar-refractivity contribution in [2.75, 3.05) is 0 Å². The van der Waals surface area contributed by atoms with Crippen LogP contribution in [0.3, 0.4) is 0 Å². The average molecular weight is 230 g/mol. The summed E-state index contributed by atoms with van der Waals surface area (Å²) in [7, 11) is 0. The molecule has 0 aromatic heterocycles. The van der Waals surface area contributed by atoms with Crippen LogP contribution in [0.25, 0.3) is 0 Å². The quantitative estimate of drug-likeness (QED) is 0.635. The summed E-state index contributed by atoms with van der Waals surface area (Å²) in [5.41, 5.74) is 6.59. The summed E-state index contributed by atoms with van der Waals surface area (Å²) >= 11 is 3.91. The van der Waals surface area contributed by atoms with Gasteiger partial charge in [0.1, 0.15) is 0 Å². The maximum Gasteiger partial charge on any atom is 0.0280 e. The first-order chi connectivity index (χ1) is 5.57. The summed E-state index contributed by atoms with van der Waals surface area (Å²) in [6.07, 6.45) is 8.08. The first-order valence-corrected chi connectivity index (χ1v) is 5.84. The van der Waals surface area contributed by atoms with E-state index < -0.39 is 0 Å². The summed E-state index contributed by atoms with van der Waals surface area (Å²) in [6.45, 7) is 0. The number of nitrogens with two attached hydrogens (primary N) is 1. The third-order valence-electron chi connectivity index (χ3n) is 4.03. The molecule has 4 fully saturated rings. The fraction of sp³-hybridized carbons (Fsp3) is 1.00. The van der Waals surface area contributed by atoms with Crippen LogP contribution in [0.15, 0.2) is 0 Å². The van der Waals surface area contributed by atoms with Crippen molar-refractivity contribution in [1.82, 2.24) is 0 Å². The molecule has 4 saturated carbocycles. The van der Waals surface area contributed by atoms with Crippen LogP contribution in [0.1, 0.15) is 38.5 Å². The predicted molar refractivity (Wildman–Crippen MR) is 53.3 cm³/mol. The highest BCUT2D eigenvalue weighted by Gasteiger charge is 2.55. The van der Waals surface area contributed by atoms with Gasteiger partial charge in [0.05, 0.1) is 0 Å². The molecule has 1 nitrogen and oxygen atoms in total. The van der Waals surface area contributed by atoms with Crippen LogP contribution in [0.2, 0.25) is 0 Å². The molecule has 0 aliphatic heterocycles. The van der Waals surface area contributed by atoms with Crippen molar-refractivity contribution >= 4 is 15.9 Å². The molecule has 0 radical (unpaired) electrons. The van der Waals surface area contributed by atoms with Gasteiger partial charge in [-0.1, -0.05) is 15.9 Å². The minimum Gasteiger partial charge on any atom is -0.325 e. The number of alkyl halides is 1. The molecule has 12 heavy (non-hydrogen) atoms. The highest BCUT2D eigenvalue weighted by Crippen LogP contribution is 2.59. The topological polar surface area (TPSA) is 26.0 Å². The maximum absolute atomic E-state index is 6.38. The molecule has 2 N–H and O–H groups in total. The van der Waals surface area contributed by atoms with Crippen molar-refractivity contribution in [2.24, 2.45) is 17.6 Å². The van der Waals surface area contributed by atoms with Gasteiger partial charge in [-0.25, -0.2) is 0 Å². The minimum absolute atomic E-state index is 0.216.